The van der Waals surface area contributed by atoms with Crippen LogP contribution < -0.4 is 5.32 Å². The molecule has 170 valence electrons. The minimum absolute atomic E-state index is 0.530. The number of aromatic amines is 1. The van der Waals surface area contributed by atoms with Crippen LogP contribution >= 0.6 is 11.6 Å². The molecular formula is C25H17ClN8O. The van der Waals surface area contributed by atoms with Crippen molar-refractivity contribution >= 4 is 56.0 Å². The van der Waals surface area contributed by atoms with E-state index in [4.69, 9.17) is 21.1 Å². The maximum absolute atomic E-state index is 6.65. The van der Waals surface area contributed by atoms with E-state index in [1.807, 2.05) is 72.5 Å². The molecule has 10 heteroatoms. The number of H-pyrrole nitrogens is 1. The molecule has 0 fully saturated rings. The second kappa shape index (κ2) is 7.44. The number of aromatic nitrogens is 7. The van der Waals surface area contributed by atoms with Crippen molar-refractivity contribution < 1.29 is 4.42 Å². The van der Waals surface area contributed by atoms with E-state index >= 15 is 0 Å². The lowest BCUT2D eigenvalue weighted by Crippen LogP contribution is -1.98. The average molecular weight is 481 g/mol. The van der Waals surface area contributed by atoms with Crippen LogP contribution in [0, 0.1) is 0 Å². The summed E-state index contributed by atoms with van der Waals surface area (Å²) in [5.74, 6) is 1.23. The van der Waals surface area contributed by atoms with Crippen LogP contribution in [-0.4, -0.2) is 34.7 Å². The van der Waals surface area contributed by atoms with Gasteiger partial charge in [-0.15, -0.1) is 5.10 Å². The predicted molar refractivity (Wildman–Crippen MR) is 135 cm³/mol. The van der Waals surface area contributed by atoms with Gasteiger partial charge in [0.05, 0.1) is 45.4 Å². The van der Waals surface area contributed by atoms with Crippen LogP contribution in [0.3, 0.4) is 0 Å². The summed E-state index contributed by atoms with van der Waals surface area (Å²) in [6.07, 6.45) is 5.32. The third kappa shape index (κ3) is 3.17. The molecule has 4 aromatic heterocycles. The Labute approximate surface area is 202 Å². The summed E-state index contributed by atoms with van der Waals surface area (Å²) >= 11 is 6.65. The van der Waals surface area contributed by atoms with E-state index in [2.05, 4.69) is 25.6 Å². The molecule has 9 nitrogen and oxygen atoms in total. The molecule has 0 aliphatic heterocycles. The molecule has 4 heterocycles. The second-order valence-corrected chi connectivity index (χ2v) is 8.61. The summed E-state index contributed by atoms with van der Waals surface area (Å²) in [6.45, 7) is 0. The summed E-state index contributed by atoms with van der Waals surface area (Å²) in [6, 6.07) is 17.7. The van der Waals surface area contributed by atoms with Crippen LogP contribution in [0.4, 0.5) is 11.5 Å². The Balaban J connectivity index is 1.33. The lowest BCUT2D eigenvalue weighted by Gasteiger charge is -2.07. The molecule has 0 spiro atoms. The number of anilines is 2. The summed E-state index contributed by atoms with van der Waals surface area (Å²) in [7, 11) is 1.86. The van der Waals surface area contributed by atoms with Gasteiger partial charge in [0.1, 0.15) is 5.52 Å². The fourth-order valence-electron chi connectivity index (χ4n) is 4.27. The molecule has 0 amide bonds. The molecule has 35 heavy (non-hydrogen) atoms. The van der Waals surface area contributed by atoms with E-state index in [1.165, 1.54) is 0 Å². The first-order valence-corrected chi connectivity index (χ1v) is 11.3. The number of nitrogens with zero attached hydrogens (tertiary/aromatic N) is 6. The Morgan fingerprint density at radius 1 is 1.03 bits per heavy atom. The highest BCUT2D eigenvalue weighted by Gasteiger charge is 2.16. The van der Waals surface area contributed by atoms with Crippen molar-refractivity contribution in [1.29, 1.82) is 0 Å². The van der Waals surface area contributed by atoms with E-state index in [1.54, 1.807) is 17.1 Å². The van der Waals surface area contributed by atoms with Crippen LogP contribution in [0.15, 0.2) is 77.6 Å². The lowest BCUT2D eigenvalue weighted by molar-refractivity contribution is 0.619. The van der Waals surface area contributed by atoms with Gasteiger partial charge in [-0.3, -0.25) is 9.78 Å². The maximum Gasteiger partial charge on any atom is 0.230 e. The smallest absolute Gasteiger partial charge is 0.230 e. The first-order valence-electron chi connectivity index (χ1n) is 10.9. The molecule has 0 aliphatic rings. The standard InChI is InChI=1S/C25H17ClN8O/c1-33-13-14(11-28-33)25-30-20-10-15(6-9-22(20)35-25)34-21-5-3-2-4-16(21)24(32-34)29-19-8-7-18-17(23(19)26)12-27-31-18/h2-13H,1H3,(H,27,31)(H,29,32). The highest BCUT2D eigenvalue weighted by Crippen LogP contribution is 2.35. The van der Waals surface area contributed by atoms with Crippen molar-refractivity contribution in [2.24, 2.45) is 7.05 Å². The summed E-state index contributed by atoms with van der Waals surface area (Å²) in [5, 5.41) is 21.9. The van der Waals surface area contributed by atoms with Crippen molar-refractivity contribution in [2.75, 3.05) is 5.32 Å². The van der Waals surface area contributed by atoms with E-state index in [9.17, 15) is 0 Å². The maximum atomic E-state index is 6.65. The van der Waals surface area contributed by atoms with Crippen LogP contribution in [0.1, 0.15) is 0 Å². The van der Waals surface area contributed by atoms with Crippen molar-refractivity contribution in [2.45, 2.75) is 0 Å². The number of fused-ring (bicyclic) bond motifs is 3. The first kappa shape index (κ1) is 19.8. The Morgan fingerprint density at radius 2 is 1.94 bits per heavy atom. The number of hydrogen-bond donors (Lipinski definition) is 2. The number of rotatable bonds is 4. The van der Waals surface area contributed by atoms with Gasteiger partial charge < -0.3 is 9.73 Å². The average Bonchev–Trinajstić information content (AvgIpc) is 3.66. The number of benzene rings is 3. The molecule has 3 aromatic carbocycles. The highest BCUT2D eigenvalue weighted by molar-refractivity contribution is 6.38. The normalized spacial score (nSPS) is 11.7. The summed E-state index contributed by atoms with van der Waals surface area (Å²) in [5.41, 5.74) is 5.71. The topological polar surface area (TPSA) is 102 Å². The van der Waals surface area contributed by atoms with Gasteiger partial charge in [-0.25, -0.2) is 9.67 Å². The Kier molecular flexibility index (Phi) is 4.21. The van der Waals surface area contributed by atoms with E-state index < -0.39 is 0 Å². The van der Waals surface area contributed by atoms with Gasteiger partial charge in [-0.1, -0.05) is 23.7 Å². The first-order chi connectivity index (χ1) is 17.1. The SMILES string of the molecule is Cn1cc(-c2nc3cc(-n4nc(Nc5ccc6[nH]ncc6c5Cl)c5ccccc54)ccc3o2)cn1. The van der Waals surface area contributed by atoms with Gasteiger partial charge in [0.2, 0.25) is 5.89 Å². The summed E-state index contributed by atoms with van der Waals surface area (Å²) < 4.78 is 9.55. The molecule has 2 N–H and O–H groups in total. The van der Waals surface area contributed by atoms with Crippen molar-refractivity contribution in [3.63, 3.8) is 0 Å². The number of aryl methyl sites for hydroxylation is 1. The Morgan fingerprint density at radius 3 is 2.83 bits per heavy atom. The van der Waals surface area contributed by atoms with Gasteiger partial charge in [0.25, 0.3) is 0 Å². The van der Waals surface area contributed by atoms with Crippen molar-refractivity contribution in [1.82, 2.24) is 34.7 Å². The van der Waals surface area contributed by atoms with Gasteiger partial charge in [-0.2, -0.15) is 10.2 Å². The number of oxazole rings is 1. The van der Waals surface area contributed by atoms with Crippen molar-refractivity contribution in [3.8, 4) is 17.1 Å². The highest BCUT2D eigenvalue weighted by atomic mass is 35.5. The molecule has 0 aliphatic carbocycles. The molecule has 0 atom stereocenters. The van der Waals surface area contributed by atoms with E-state index in [0.717, 1.165) is 44.3 Å². The molecule has 0 saturated heterocycles. The third-order valence-corrected chi connectivity index (χ3v) is 6.37. The minimum atomic E-state index is 0.530. The number of nitrogens with one attached hydrogen (secondary N) is 2. The van der Waals surface area contributed by atoms with E-state index in [-0.39, 0.29) is 0 Å². The zero-order valence-corrected chi connectivity index (χ0v) is 19.2. The van der Waals surface area contributed by atoms with E-state index in [0.29, 0.717) is 22.3 Å². The Bertz CT molecular complexity index is 1880. The molecule has 7 aromatic rings. The van der Waals surface area contributed by atoms with Gasteiger partial charge in [0.15, 0.2) is 11.4 Å². The minimum Gasteiger partial charge on any atom is -0.436 e. The molecular weight excluding hydrogens is 464 g/mol. The third-order valence-electron chi connectivity index (χ3n) is 5.97. The van der Waals surface area contributed by atoms with Gasteiger partial charge >= 0.3 is 0 Å². The largest absolute Gasteiger partial charge is 0.436 e. The molecule has 0 saturated carbocycles. The lowest BCUT2D eigenvalue weighted by atomic mass is 10.2. The molecule has 7 rings (SSSR count). The fourth-order valence-corrected chi connectivity index (χ4v) is 4.53. The van der Waals surface area contributed by atoms with Crippen LogP contribution in [0.2, 0.25) is 5.02 Å². The van der Waals surface area contributed by atoms with Crippen LogP contribution in [0.25, 0.3) is 50.0 Å². The van der Waals surface area contributed by atoms with Gasteiger partial charge in [0, 0.05) is 24.0 Å². The number of para-hydroxylation sites is 1. The second-order valence-electron chi connectivity index (χ2n) is 8.23. The fraction of sp³-hybridized carbons (Fsp3) is 0.0400. The molecule has 0 bridgehead atoms. The molecule has 0 radical (unpaired) electrons. The monoisotopic (exact) mass is 480 g/mol. The number of halogens is 1. The molecule has 0 unspecified atom stereocenters. The quantitative estimate of drug-likeness (QED) is 0.328. The van der Waals surface area contributed by atoms with Crippen LogP contribution in [-0.2, 0) is 7.05 Å². The Hall–Kier alpha value is -4.63. The predicted octanol–water partition coefficient (Wildman–Crippen LogP) is 5.84. The zero-order valence-electron chi connectivity index (χ0n) is 18.4. The summed E-state index contributed by atoms with van der Waals surface area (Å²) in [4.78, 5) is 4.67. The van der Waals surface area contributed by atoms with Gasteiger partial charge in [-0.05, 0) is 42.5 Å². The van der Waals surface area contributed by atoms with Crippen LogP contribution in [0.5, 0.6) is 0 Å². The zero-order chi connectivity index (χ0) is 23.5. The van der Waals surface area contributed by atoms with Crippen molar-refractivity contribution in [3.05, 3.63) is 78.2 Å². The number of hydrogen-bond acceptors (Lipinski definition) is 6.